The summed E-state index contributed by atoms with van der Waals surface area (Å²) in [5.41, 5.74) is 3.05. The van der Waals surface area contributed by atoms with Gasteiger partial charge in [0.1, 0.15) is 12.2 Å². The van der Waals surface area contributed by atoms with E-state index in [1.807, 2.05) is 36.4 Å². The quantitative estimate of drug-likeness (QED) is 0.140. The Morgan fingerprint density at radius 1 is 1.00 bits per heavy atom. The Labute approximate surface area is 237 Å². The summed E-state index contributed by atoms with van der Waals surface area (Å²) in [4.78, 5) is 26.2. The number of carbonyl (C=O) groups is 1. The number of rotatable bonds is 12. The van der Waals surface area contributed by atoms with Crippen molar-refractivity contribution in [2.75, 3.05) is 36.9 Å². The molecule has 1 aliphatic heterocycles. The number of ether oxygens (including phenoxy) is 1. The number of likely N-dealkylation sites (N-methyl/N-ethyl adjacent to an activating group) is 1. The summed E-state index contributed by atoms with van der Waals surface area (Å²) in [5.74, 6) is 0.260. The number of aliphatic hydroxyl groups is 3. The predicted octanol–water partition coefficient (Wildman–Crippen LogP) is 1.62. The lowest BCUT2D eigenvalue weighted by Crippen LogP contribution is -2.42. The second-order valence-electron chi connectivity index (χ2n) is 9.80. The Balaban J connectivity index is 1.48. The maximum absolute atomic E-state index is 12.4. The van der Waals surface area contributed by atoms with E-state index in [1.165, 1.54) is 10.9 Å². The van der Waals surface area contributed by atoms with Gasteiger partial charge in [-0.05, 0) is 24.5 Å². The number of carbonyl (C=O) groups excluding carboxylic acids is 1. The first-order chi connectivity index (χ1) is 20.0. The van der Waals surface area contributed by atoms with Gasteiger partial charge in [0.05, 0.1) is 6.33 Å². The Bertz CT molecular complexity index is 1400. The molecule has 12 nitrogen and oxygen atoms in total. The lowest BCUT2D eigenvalue weighted by atomic mass is 9.91. The molecule has 1 amide bonds. The van der Waals surface area contributed by atoms with E-state index in [0.717, 1.165) is 11.1 Å². The molecule has 216 valence electrons. The van der Waals surface area contributed by atoms with Gasteiger partial charge in [-0.25, -0.2) is 4.98 Å². The molecule has 0 bridgehead atoms. The number of nitrogens with one attached hydrogen (secondary N) is 3. The van der Waals surface area contributed by atoms with Crippen molar-refractivity contribution in [2.24, 2.45) is 0 Å². The minimum atomic E-state index is -1.43. The molecule has 5 rings (SSSR count). The van der Waals surface area contributed by atoms with Crippen molar-refractivity contribution in [3.05, 3.63) is 78.1 Å². The highest BCUT2D eigenvalue weighted by molar-refractivity contribution is 5.85. The van der Waals surface area contributed by atoms with Gasteiger partial charge in [-0.2, -0.15) is 9.97 Å². The molecule has 2 aromatic carbocycles. The van der Waals surface area contributed by atoms with Crippen LogP contribution in [0.2, 0.25) is 0 Å². The van der Waals surface area contributed by atoms with Gasteiger partial charge in [0.25, 0.3) is 5.91 Å². The van der Waals surface area contributed by atoms with Gasteiger partial charge in [-0.3, -0.25) is 9.36 Å². The number of fused-ring (bicyclic) bond motifs is 1. The standard InChI is InChI=1S/C29H35N7O5/c1-2-30-27(40)24-22(38)23(39)28(41-24)36-17-33-21-25(34-29(35-26(21)36)31-14-9-15-37)32-16-20(18-10-5-3-6-11-18)19-12-7-4-8-13-19/h3-8,10-13,17,20,22-24,28,37-39H,2,9,14-16H2,1H3,(H,30,40)(H2,31,32,34,35)/t22-,23+,24-,28+/m0/s1. The third-order valence-electron chi connectivity index (χ3n) is 7.04. The van der Waals surface area contributed by atoms with E-state index in [2.05, 4.69) is 55.2 Å². The minimum Gasteiger partial charge on any atom is -0.396 e. The fourth-order valence-corrected chi connectivity index (χ4v) is 4.96. The molecule has 0 spiro atoms. The van der Waals surface area contributed by atoms with Gasteiger partial charge in [0.15, 0.2) is 29.3 Å². The summed E-state index contributed by atoms with van der Waals surface area (Å²) in [6.07, 6.45) is -3.21. The van der Waals surface area contributed by atoms with Crippen molar-refractivity contribution in [2.45, 2.75) is 43.8 Å². The van der Waals surface area contributed by atoms with Crippen LogP contribution in [0.4, 0.5) is 11.8 Å². The maximum Gasteiger partial charge on any atom is 0.252 e. The topological polar surface area (TPSA) is 167 Å². The smallest absolute Gasteiger partial charge is 0.252 e. The monoisotopic (exact) mass is 561 g/mol. The van der Waals surface area contributed by atoms with Crippen molar-refractivity contribution in [1.82, 2.24) is 24.8 Å². The minimum absolute atomic E-state index is 0.00925. The van der Waals surface area contributed by atoms with E-state index in [9.17, 15) is 20.1 Å². The van der Waals surface area contributed by atoms with Crippen LogP contribution in [0.25, 0.3) is 11.2 Å². The lowest BCUT2D eigenvalue weighted by Gasteiger charge is -2.20. The number of hydrogen-bond donors (Lipinski definition) is 6. The molecule has 0 aliphatic carbocycles. The normalized spacial score (nSPS) is 20.4. The highest BCUT2D eigenvalue weighted by atomic mass is 16.6. The summed E-state index contributed by atoms with van der Waals surface area (Å²) in [5, 5.41) is 39.8. The Kier molecular flexibility index (Phi) is 9.04. The molecule has 1 fully saturated rings. The molecule has 6 N–H and O–H groups in total. The number of benzene rings is 2. The molecule has 0 radical (unpaired) electrons. The summed E-state index contributed by atoms with van der Waals surface area (Å²) < 4.78 is 7.32. The number of aromatic nitrogens is 4. The average molecular weight is 562 g/mol. The third-order valence-corrected chi connectivity index (χ3v) is 7.04. The molecule has 4 aromatic rings. The number of anilines is 2. The number of hydrogen-bond acceptors (Lipinski definition) is 10. The zero-order valence-corrected chi connectivity index (χ0v) is 22.7. The first-order valence-electron chi connectivity index (χ1n) is 13.7. The lowest BCUT2D eigenvalue weighted by molar-refractivity contribution is -0.137. The van der Waals surface area contributed by atoms with Gasteiger partial charge in [-0.1, -0.05) is 60.7 Å². The molecule has 4 atom stereocenters. The van der Waals surface area contributed by atoms with E-state index >= 15 is 0 Å². The first kappa shape index (κ1) is 28.4. The second kappa shape index (κ2) is 13.0. The van der Waals surface area contributed by atoms with E-state index < -0.39 is 30.4 Å². The van der Waals surface area contributed by atoms with Crippen molar-refractivity contribution < 1.29 is 24.9 Å². The molecule has 1 aliphatic rings. The molecular weight excluding hydrogens is 526 g/mol. The molecule has 2 aromatic heterocycles. The molecule has 3 heterocycles. The summed E-state index contributed by atoms with van der Waals surface area (Å²) in [7, 11) is 0. The van der Waals surface area contributed by atoms with Gasteiger partial charge in [0.2, 0.25) is 5.95 Å². The second-order valence-corrected chi connectivity index (χ2v) is 9.80. The first-order valence-corrected chi connectivity index (χ1v) is 13.7. The van der Waals surface area contributed by atoms with Crippen LogP contribution >= 0.6 is 0 Å². The molecule has 41 heavy (non-hydrogen) atoms. The van der Waals surface area contributed by atoms with Crippen LogP contribution in [-0.4, -0.2) is 85.3 Å². The third kappa shape index (κ3) is 6.15. The van der Waals surface area contributed by atoms with Gasteiger partial charge in [-0.15, -0.1) is 0 Å². The molecule has 0 saturated carbocycles. The van der Waals surface area contributed by atoms with Crippen molar-refractivity contribution in [1.29, 1.82) is 0 Å². The number of aliphatic hydroxyl groups excluding tert-OH is 3. The largest absolute Gasteiger partial charge is 0.396 e. The molecule has 1 saturated heterocycles. The SMILES string of the molecule is CCNC(=O)[C@H]1O[C@@H](n2cnc3c(NCC(c4ccccc4)c4ccccc4)nc(NCCCO)nc32)[C@H](O)[C@@H]1O. The van der Waals surface area contributed by atoms with Crippen molar-refractivity contribution >= 4 is 28.8 Å². The van der Waals surface area contributed by atoms with Crippen molar-refractivity contribution in [3.63, 3.8) is 0 Å². The Morgan fingerprint density at radius 3 is 2.32 bits per heavy atom. The van der Waals surface area contributed by atoms with E-state index in [0.29, 0.717) is 49.0 Å². The number of nitrogens with zero attached hydrogens (tertiary/aromatic N) is 4. The zero-order valence-electron chi connectivity index (χ0n) is 22.7. The predicted molar refractivity (Wildman–Crippen MR) is 153 cm³/mol. The highest BCUT2D eigenvalue weighted by Gasteiger charge is 2.47. The summed E-state index contributed by atoms with van der Waals surface area (Å²) in [6.45, 7) is 3.07. The zero-order chi connectivity index (χ0) is 28.8. The van der Waals surface area contributed by atoms with Crippen LogP contribution in [0.1, 0.15) is 36.6 Å². The van der Waals surface area contributed by atoms with Gasteiger partial charge >= 0.3 is 0 Å². The Hall–Kier alpha value is -4.10. The molecule has 12 heteroatoms. The van der Waals surface area contributed by atoms with Crippen LogP contribution in [0.3, 0.4) is 0 Å². The molecule has 0 unspecified atom stereocenters. The van der Waals surface area contributed by atoms with Crippen molar-refractivity contribution in [3.8, 4) is 0 Å². The van der Waals surface area contributed by atoms with Gasteiger partial charge < -0.3 is 36.0 Å². The van der Waals surface area contributed by atoms with Crippen LogP contribution < -0.4 is 16.0 Å². The number of amides is 1. The van der Waals surface area contributed by atoms with Crippen LogP contribution in [0, 0.1) is 0 Å². The van der Waals surface area contributed by atoms with E-state index in [-0.39, 0.29) is 12.5 Å². The van der Waals surface area contributed by atoms with Crippen LogP contribution in [0.5, 0.6) is 0 Å². The van der Waals surface area contributed by atoms with E-state index in [1.54, 1.807) is 6.92 Å². The average Bonchev–Trinajstić information content (AvgIpc) is 3.55. The number of imidazole rings is 1. The molecular formula is C29H35N7O5. The highest BCUT2D eigenvalue weighted by Crippen LogP contribution is 2.33. The summed E-state index contributed by atoms with van der Waals surface area (Å²) in [6, 6.07) is 20.3. The summed E-state index contributed by atoms with van der Waals surface area (Å²) >= 11 is 0. The fourth-order valence-electron chi connectivity index (χ4n) is 4.96. The van der Waals surface area contributed by atoms with Gasteiger partial charge in [0, 0.05) is 32.2 Å². The fraction of sp³-hybridized carbons (Fsp3) is 0.379. The van der Waals surface area contributed by atoms with E-state index in [4.69, 9.17) is 4.74 Å². The Morgan fingerprint density at radius 2 is 1.68 bits per heavy atom. The maximum atomic E-state index is 12.4. The van der Waals surface area contributed by atoms with Crippen LogP contribution in [-0.2, 0) is 9.53 Å². The van der Waals surface area contributed by atoms with Crippen LogP contribution in [0.15, 0.2) is 67.0 Å².